The van der Waals surface area contributed by atoms with Gasteiger partial charge in [-0.25, -0.2) is 4.98 Å². The molecule has 0 unspecified atom stereocenters. The zero-order valence-electron chi connectivity index (χ0n) is 19.3. The Hall–Kier alpha value is -3.54. The number of aromatic nitrogens is 2. The Morgan fingerprint density at radius 1 is 1.23 bits per heavy atom. The van der Waals surface area contributed by atoms with Crippen LogP contribution < -0.4 is 25.2 Å². The molecule has 0 atom stereocenters. The average Bonchev–Trinajstić information content (AvgIpc) is 3.50. The summed E-state index contributed by atoms with van der Waals surface area (Å²) in [5.41, 5.74) is 3.30. The van der Waals surface area contributed by atoms with Crippen LogP contribution in [-0.2, 0) is 11.3 Å². The fourth-order valence-electron chi connectivity index (χ4n) is 4.11. The van der Waals surface area contributed by atoms with Crippen molar-refractivity contribution in [3.8, 4) is 5.75 Å². The first kappa shape index (κ1) is 23.2. The number of methoxy groups -OCH3 is 1. The van der Waals surface area contributed by atoms with Crippen LogP contribution in [0.25, 0.3) is 0 Å². The van der Waals surface area contributed by atoms with E-state index in [1.165, 1.54) is 11.3 Å². The molecule has 35 heavy (non-hydrogen) atoms. The van der Waals surface area contributed by atoms with Crippen molar-refractivity contribution in [2.45, 2.75) is 6.54 Å². The molecule has 1 saturated heterocycles. The predicted octanol–water partition coefficient (Wildman–Crippen LogP) is 2.39. The summed E-state index contributed by atoms with van der Waals surface area (Å²) in [6.45, 7) is 4.75. The van der Waals surface area contributed by atoms with Gasteiger partial charge in [0.25, 0.3) is 11.8 Å². The molecule has 0 spiro atoms. The number of nitrogens with one attached hydrogen (secondary N) is 2. The van der Waals surface area contributed by atoms with Crippen LogP contribution in [0.5, 0.6) is 5.75 Å². The molecule has 2 aliphatic heterocycles. The van der Waals surface area contributed by atoms with Gasteiger partial charge in [-0.1, -0.05) is 6.07 Å². The number of fused-ring (bicyclic) bond motifs is 1. The molecule has 0 radical (unpaired) electrons. The van der Waals surface area contributed by atoms with Crippen molar-refractivity contribution < 1.29 is 19.1 Å². The molecule has 0 aliphatic carbocycles. The molecule has 10 nitrogen and oxygen atoms in total. The van der Waals surface area contributed by atoms with Crippen LogP contribution in [0.15, 0.2) is 42.0 Å². The van der Waals surface area contributed by atoms with E-state index in [1.807, 2.05) is 18.2 Å². The lowest BCUT2D eigenvalue weighted by atomic mass is 10.1. The second kappa shape index (κ2) is 10.4. The van der Waals surface area contributed by atoms with Gasteiger partial charge in [0, 0.05) is 50.4 Å². The van der Waals surface area contributed by atoms with Crippen molar-refractivity contribution in [1.29, 1.82) is 0 Å². The number of ether oxygens (including phenoxy) is 2. The Balaban J connectivity index is 1.28. The van der Waals surface area contributed by atoms with E-state index in [4.69, 9.17) is 9.47 Å². The van der Waals surface area contributed by atoms with Crippen molar-refractivity contribution in [3.05, 3.63) is 58.9 Å². The first-order valence-corrected chi connectivity index (χ1v) is 12.2. The van der Waals surface area contributed by atoms with Gasteiger partial charge >= 0.3 is 0 Å². The average molecular weight is 495 g/mol. The minimum Gasteiger partial charge on any atom is -0.491 e. The SMILES string of the molecule is COCCOc1ccc2c(c1)C(=O)N(c1nc(C(=O)Nc3cnccc3N3CCNCC3)cs1)C2. The molecule has 11 heteroatoms. The maximum absolute atomic E-state index is 13.1. The van der Waals surface area contributed by atoms with Gasteiger partial charge in [-0.3, -0.25) is 19.5 Å². The van der Waals surface area contributed by atoms with Crippen molar-refractivity contribution in [2.75, 3.05) is 61.6 Å². The van der Waals surface area contributed by atoms with Gasteiger partial charge in [-0.05, 0) is 23.8 Å². The molecular weight excluding hydrogens is 468 g/mol. The first-order valence-electron chi connectivity index (χ1n) is 11.4. The Morgan fingerprint density at radius 2 is 2.09 bits per heavy atom. The molecule has 0 saturated carbocycles. The zero-order chi connectivity index (χ0) is 24.2. The van der Waals surface area contributed by atoms with E-state index < -0.39 is 0 Å². The fourth-order valence-corrected chi connectivity index (χ4v) is 4.91. The van der Waals surface area contributed by atoms with Crippen molar-refractivity contribution in [1.82, 2.24) is 15.3 Å². The van der Waals surface area contributed by atoms with E-state index >= 15 is 0 Å². The van der Waals surface area contributed by atoms with E-state index in [0.717, 1.165) is 37.4 Å². The van der Waals surface area contributed by atoms with Crippen molar-refractivity contribution in [3.63, 3.8) is 0 Å². The maximum atomic E-state index is 13.1. The number of piperazine rings is 1. The third-order valence-corrected chi connectivity index (χ3v) is 6.76. The van der Waals surface area contributed by atoms with E-state index in [9.17, 15) is 9.59 Å². The van der Waals surface area contributed by atoms with Gasteiger partial charge in [0.05, 0.1) is 30.7 Å². The number of hydrogen-bond acceptors (Lipinski definition) is 9. The number of thiazole rings is 1. The highest BCUT2D eigenvalue weighted by atomic mass is 32.1. The van der Waals surface area contributed by atoms with Gasteiger partial charge in [-0.15, -0.1) is 11.3 Å². The molecule has 3 aromatic rings. The van der Waals surface area contributed by atoms with Crippen LogP contribution in [0.2, 0.25) is 0 Å². The summed E-state index contributed by atoms with van der Waals surface area (Å²) in [6, 6.07) is 7.38. The smallest absolute Gasteiger partial charge is 0.275 e. The summed E-state index contributed by atoms with van der Waals surface area (Å²) in [7, 11) is 1.61. The highest BCUT2D eigenvalue weighted by molar-refractivity contribution is 7.14. The van der Waals surface area contributed by atoms with E-state index in [1.54, 1.807) is 35.8 Å². The number of anilines is 3. The molecule has 0 bridgehead atoms. The van der Waals surface area contributed by atoms with Gasteiger partial charge in [0.15, 0.2) is 5.13 Å². The highest BCUT2D eigenvalue weighted by Crippen LogP contribution is 2.33. The number of carbonyl (C=O) groups excluding carboxylic acids is 2. The van der Waals surface area contributed by atoms with Crippen LogP contribution in [-0.4, -0.2) is 68.3 Å². The number of carbonyl (C=O) groups is 2. The first-order chi connectivity index (χ1) is 17.1. The third kappa shape index (κ3) is 4.97. The van der Waals surface area contributed by atoms with Gasteiger partial charge in [-0.2, -0.15) is 0 Å². The van der Waals surface area contributed by atoms with Crippen LogP contribution in [0.4, 0.5) is 16.5 Å². The second-order valence-corrected chi connectivity index (χ2v) is 8.99. The Bertz CT molecular complexity index is 1230. The molecule has 182 valence electrons. The van der Waals surface area contributed by atoms with E-state index in [0.29, 0.717) is 41.9 Å². The zero-order valence-corrected chi connectivity index (χ0v) is 20.1. The summed E-state index contributed by atoms with van der Waals surface area (Å²) >= 11 is 1.26. The molecule has 1 aromatic carbocycles. The van der Waals surface area contributed by atoms with Crippen LogP contribution in [0.3, 0.4) is 0 Å². The van der Waals surface area contributed by atoms with E-state index in [2.05, 4.69) is 25.5 Å². The summed E-state index contributed by atoms with van der Waals surface area (Å²) < 4.78 is 10.6. The van der Waals surface area contributed by atoms with Crippen LogP contribution in [0.1, 0.15) is 26.4 Å². The molecule has 1 fully saturated rings. The second-order valence-electron chi connectivity index (χ2n) is 8.15. The van der Waals surface area contributed by atoms with Crippen LogP contribution in [0, 0.1) is 0 Å². The molecule has 2 amide bonds. The monoisotopic (exact) mass is 494 g/mol. The lowest BCUT2D eigenvalue weighted by molar-refractivity contribution is 0.0991. The summed E-state index contributed by atoms with van der Waals surface area (Å²) in [6.07, 6.45) is 3.37. The number of nitrogens with zero attached hydrogens (tertiary/aromatic N) is 4. The fraction of sp³-hybridized carbons (Fsp3) is 0.333. The van der Waals surface area contributed by atoms with Gasteiger partial charge in [0.1, 0.15) is 18.1 Å². The quantitative estimate of drug-likeness (QED) is 0.460. The number of benzene rings is 1. The van der Waals surface area contributed by atoms with Gasteiger partial charge < -0.3 is 25.0 Å². The topological polar surface area (TPSA) is 109 Å². The molecule has 5 rings (SSSR count). The Morgan fingerprint density at radius 3 is 2.91 bits per heavy atom. The normalized spacial score (nSPS) is 15.3. The minimum absolute atomic E-state index is 0.160. The number of hydrogen-bond donors (Lipinski definition) is 2. The lowest BCUT2D eigenvalue weighted by Gasteiger charge is -2.30. The minimum atomic E-state index is -0.338. The molecule has 2 aromatic heterocycles. The van der Waals surface area contributed by atoms with Gasteiger partial charge in [0.2, 0.25) is 0 Å². The number of pyridine rings is 1. The van der Waals surface area contributed by atoms with Crippen molar-refractivity contribution >= 4 is 39.7 Å². The lowest BCUT2D eigenvalue weighted by Crippen LogP contribution is -2.43. The molecule has 2 aliphatic rings. The highest BCUT2D eigenvalue weighted by Gasteiger charge is 2.31. The van der Waals surface area contributed by atoms with Crippen molar-refractivity contribution in [2.24, 2.45) is 0 Å². The molecule has 4 heterocycles. The van der Waals surface area contributed by atoms with Crippen LogP contribution >= 0.6 is 11.3 Å². The number of rotatable bonds is 8. The standard InChI is InChI=1S/C24H26N6O4S/c1-33-10-11-34-17-3-2-16-14-30(23(32)18(16)12-17)24-28-20(15-35-24)22(31)27-19-13-26-5-4-21(19)29-8-6-25-7-9-29/h2-5,12-13,15,25H,6-11,14H2,1H3,(H,27,31). The Kier molecular flexibility index (Phi) is 6.89. The Labute approximate surface area is 206 Å². The third-order valence-electron chi connectivity index (χ3n) is 5.90. The largest absolute Gasteiger partial charge is 0.491 e. The predicted molar refractivity (Wildman–Crippen MR) is 134 cm³/mol. The molecular formula is C24H26N6O4S. The van der Waals surface area contributed by atoms with E-state index in [-0.39, 0.29) is 17.5 Å². The summed E-state index contributed by atoms with van der Waals surface area (Å²) in [5, 5.41) is 8.41. The number of amides is 2. The molecule has 2 N–H and O–H groups in total. The maximum Gasteiger partial charge on any atom is 0.275 e. The summed E-state index contributed by atoms with van der Waals surface area (Å²) in [4.78, 5) is 38.5. The summed E-state index contributed by atoms with van der Waals surface area (Å²) in [5.74, 6) is 0.119.